The molecule has 1 atom stereocenters. The van der Waals surface area contributed by atoms with Crippen molar-refractivity contribution in [3.05, 3.63) is 65.0 Å². The zero-order chi connectivity index (χ0) is 22.4. The maximum atomic E-state index is 12.2. The minimum Gasteiger partial charge on any atom is -0.481 e. The van der Waals surface area contributed by atoms with Gasteiger partial charge in [0.05, 0.1) is 0 Å². The summed E-state index contributed by atoms with van der Waals surface area (Å²) in [7, 11) is 0. The molecule has 31 heavy (non-hydrogen) atoms. The highest BCUT2D eigenvalue weighted by Crippen LogP contribution is 2.22. The lowest BCUT2D eigenvalue weighted by Crippen LogP contribution is -2.47. The number of benzene rings is 2. The van der Waals surface area contributed by atoms with Gasteiger partial charge in [0.15, 0.2) is 6.10 Å². The molecule has 0 fully saturated rings. The number of amides is 2. The molecule has 162 valence electrons. The third kappa shape index (κ3) is 5.91. The fourth-order valence-electron chi connectivity index (χ4n) is 2.78. The zero-order valence-corrected chi connectivity index (χ0v) is 18.1. The first-order valence-electron chi connectivity index (χ1n) is 10.0. The molecule has 2 N–H and O–H groups in total. The SMILES string of the molecule is Cc1ccc(-c2nnc(CCC(=O)NNC(=O)[C@@H](C)Oc3cccc(C)c3C)o2)cc1. The van der Waals surface area contributed by atoms with E-state index in [1.165, 1.54) is 0 Å². The lowest BCUT2D eigenvalue weighted by molar-refractivity contribution is -0.132. The summed E-state index contributed by atoms with van der Waals surface area (Å²) < 4.78 is 11.3. The van der Waals surface area contributed by atoms with Crippen molar-refractivity contribution in [3.8, 4) is 17.2 Å². The molecule has 1 aromatic heterocycles. The van der Waals surface area contributed by atoms with Crippen LogP contribution in [0.2, 0.25) is 0 Å². The van der Waals surface area contributed by atoms with Gasteiger partial charge in [-0.1, -0.05) is 29.8 Å². The number of aromatic nitrogens is 2. The Kier molecular flexibility index (Phi) is 7.02. The van der Waals surface area contributed by atoms with Gasteiger partial charge in [0.25, 0.3) is 5.91 Å². The van der Waals surface area contributed by atoms with Crippen LogP contribution in [0.25, 0.3) is 11.5 Å². The molecular weight excluding hydrogens is 396 g/mol. The molecule has 0 bridgehead atoms. The Balaban J connectivity index is 1.44. The van der Waals surface area contributed by atoms with Crippen LogP contribution in [0.3, 0.4) is 0 Å². The molecule has 0 unspecified atom stereocenters. The number of hydrazine groups is 1. The number of hydrogen-bond acceptors (Lipinski definition) is 6. The second kappa shape index (κ2) is 9.88. The van der Waals surface area contributed by atoms with Crippen molar-refractivity contribution >= 4 is 11.8 Å². The van der Waals surface area contributed by atoms with Crippen molar-refractivity contribution in [2.75, 3.05) is 0 Å². The maximum Gasteiger partial charge on any atom is 0.279 e. The molecule has 0 saturated heterocycles. The minimum absolute atomic E-state index is 0.0854. The number of carbonyl (C=O) groups is 2. The quantitative estimate of drug-likeness (QED) is 0.566. The van der Waals surface area contributed by atoms with E-state index in [-0.39, 0.29) is 18.7 Å². The molecule has 0 aliphatic heterocycles. The van der Waals surface area contributed by atoms with Gasteiger partial charge in [0, 0.05) is 18.4 Å². The van der Waals surface area contributed by atoms with Crippen LogP contribution in [-0.2, 0) is 16.0 Å². The van der Waals surface area contributed by atoms with Crippen LogP contribution in [0.5, 0.6) is 5.75 Å². The summed E-state index contributed by atoms with van der Waals surface area (Å²) in [5.41, 5.74) is 8.76. The highest BCUT2D eigenvalue weighted by atomic mass is 16.5. The smallest absolute Gasteiger partial charge is 0.279 e. The van der Waals surface area contributed by atoms with Gasteiger partial charge in [-0.15, -0.1) is 10.2 Å². The van der Waals surface area contributed by atoms with E-state index < -0.39 is 12.0 Å². The van der Waals surface area contributed by atoms with E-state index in [2.05, 4.69) is 21.0 Å². The van der Waals surface area contributed by atoms with Gasteiger partial charge in [-0.3, -0.25) is 20.4 Å². The lowest BCUT2D eigenvalue weighted by Gasteiger charge is -2.17. The van der Waals surface area contributed by atoms with Gasteiger partial charge < -0.3 is 9.15 Å². The first-order chi connectivity index (χ1) is 14.8. The molecule has 1 heterocycles. The van der Waals surface area contributed by atoms with Crippen molar-refractivity contribution in [1.29, 1.82) is 0 Å². The van der Waals surface area contributed by atoms with Crippen LogP contribution in [0.1, 0.15) is 35.9 Å². The first-order valence-corrected chi connectivity index (χ1v) is 10.0. The van der Waals surface area contributed by atoms with Crippen LogP contribution in [0.4, 0.5) is 0 Å². The van der Waals surface area contributed by atoms with Crippen LogP contribution in [0.15, 0.2) is 46.9 Å². The molecule has 3 rings (SSSR count). The van der Waals surface area contributed by atoms with Crippen molar-refractivity contribution in [2.24, 2.45) is 0 Å². The number of nitrogens with zero attached hydrogens (tertiary/aromatic N) is 2. The van der Waals surface area contributed by atoms with Crippen LogP contribution in [-0.4, -0.2) is 28.1 Å². The Bertz CT molecular complexity index is 1060. The van der Waals surface area contributed by atoms with E-state index in [0.717, 1.165) is 22.3 Å². The Hall–Kier alpha value is -3.68. The molecule has 2 aromatic carbocycles. The molecule has 2 amide bonds. The normalized spacial score (nSPS) is 11.6. The average Bonchev–Trinajstić information content (AvgIpc) is 3.23. The summed E-state index contributed by atoms with van der Waals surface area (Å²) in [5, 5.41) is 7.98. The largest absolute Gasteiger partial charge is 0.481 e. The van der Waals surface area contributed by atoms with E-state index in [1.807, 2.05) is 57.2 Å². The van der Waals surface area contributed by atoms with E-state index in [4.69, 9.17) is 9.15 Å². The van der Waals surface area contributed by atoms with Gasteiger partial charge >= 0.3 is 0 Å². The highest BCUT2D eigenvalue weighted by Gasteiger charge is 2.17. The highest BCUT2D eigenvalue weighted by molar-refractivity contribution is 5.84. The average molecular weight is 422 g/mol. The minimum atomic E-state index is -0.770. The Morgan fingerprint density at radius 1 is 1.03 bits per heavy atom. The summed E-state index contributed by atoms with van der Waals surface area (Å²) in [4.78, 5) is 24.3. The standard InChI is InChI=1S/C23H26N4O4/c1-14-8-10-18(11-9-14)23-27-25-21(31-23)13-12-20(28)24-26-22(29)17(4)30-19-7-5-6-15(2)16(19)3/h5-11,17H,12-13H2,1-4H3,(H,24,28)(H,26,29)/t17-/m1/s1. The van der Waals surface area contributed by atoms with E-state index in [1.54, 1.807) is 13.0 Å². The van der Waals surface area contributed by atoms with Crippen molar-refractivity contribution in [3.63, 3.8) is 0 Å². The van der Waals surface area contributed by atoms with E-state index in [0.29, 0.717) is 17.5 Å². The number of hydrogen-bond donors (Lipinski definition) is 2. The van der Waals surface area contributed by atoms with Crippen LogP contribution >= 0.6 is 0 Å². The Morgan fingerprint density at radius 2 is 1.77 bits per heavy atom. The summed E-state index contributed by atoms with van der Waals surface area (Å²) in [6.07, 6.45) is -0.425. The Morgan fingerprint density at radius 3 is 2.52 bits per heavy atom. The second-order valence-electron chi connectivity index (χ2n) is 7.36. The van der Waals surface area contributed by atoms with Gasteiger partial charge in [0.1, 0.15) is 5.75 Å². The molecule has 0 saturated carbocycles. The fraction of sp³-hybridized carbons (Fsp3) is 0.304. The van der Waals surface area contributed by atoms with E-state index in [9.17, 15) is 9.59 Å². The predicted molar refractivity (Wildman–Crippen MR) is 115 cm³/mol. The summed E-state index contributed by atoms with van der Waals surface area (Å²) in [6.45, 7) is 7.52. The summed E-state index contributed by atoms with van der Waals surface area (Å²) >= 11 is 0. The lowest BCUT2D eigenvalue weighted by atomic mass is 10.1. The van der Waals surface area contributed by atoms with Gasteiger partial charge in [-0.25, -0.2) is 0 Å². The molecule has 0 radical (unpaired) electrons. The summed E-state index contributed by atoms with van der Waals surface area (Å²) in [5.74, 6) is 0.565. The van der Waals surface area contributed by atoms with Crippen molar-refractivity contribution < 1.29 is 18.7 Å². The zero-order valence-electron chi connectivity index (χ0n) is 18.1. The summed E-state index contributed by atoms with van der Waals surface area (Å²) in [6, 6.07) is 13.4. The monoisotopic (exact) mass is 422 g/mol. The number of carbonyl (C=O) groups excluding carboxylic acids is 2. The first kappa shape index (κ1) is 22.0. The number of rotatable bonds is 7. The molecule has 0 spiro atoms. The molecule has 8 heteroatoms. The second-order valence-corrected chi connectivity index (χ2v) is 7.36. The number of ether oxygens (including phenoxy) is 1. The topological polar surface area (TPSA) is 106 Å². The number of aryl methyl sites for hydroxylation is 3. The molecular formula is C23H26N4O4. The third-order valence-electron chi connectivity index (χ3n) is 4.88. The molecule has 8 nitrogen and oxygen atoms in total. The van der Waals surface area contributed by atoms with Gasteiger partial charge in [-0.05, 0) is 57.0 Å². The van der Waals surface area contributed by atoms with E-state index >= 15 is 0 Å². The van der Waals surface area contributed by atoms with Gasteiger partial charge in [-0.2, -0.15) is 0 Å². The Labute approximate surface area is 181 Å². The van der Waals surface area contributed by atoms with Crippen molar-refractivity contribution in [1.82, 2.24) is 21.0 Å². The van der Waals surface area contributed by atoms with Crippen LogP contribution in [0, 0.1) is 20.8 Å². The maximum absolute atomic E-state index is 12.2. The van der Waals surface area contributed by atoms with Crippen LogP contribution < -0.4 is 15.6 Å². The predicted octanol–water partition coefficient (Wildman–Crippen LogP) is 3.21. The fourth-order valence-corrected chi connectivity index (χ4v) is 2.78. The number of nitrogens with one attached hydrogen (secondary N) is 2. The molecule has 3 aromatic rings. The van der Waals surface area contributed by atoms with Crippen molar-refractivity contribution in [2.45, 2.75) is 46.6 Å². The molecule has 0 aliphatic rings. The molecule has 0 aliphatic carbocycles. The van der Waals surface area contributed by atoms with Gasteiger partial charge in [0.2, 0.25) is 17.7 Å². The third-order valence-corrected chi connectivity index (χ3v) is 4.88.